The normalized spacial score (nSPS) is 15.8. The average molecular weight is 450 g/mol. The first-order valence-corrected chi connectivity index (χ1v) is 11.2. The lowest BCUT2D eigenvalue weighted by atomic mass is 9.95. The van der Waals surface area contributed by atoms with E-state index in [-0.39, 0.29) is 17.4 Å². The molecule has 0 saturated carbocycles. The van der Waals surface area contributed by atoms with Gasteiger partial charge in [-0.05, 0) is 24.6 Å². The average Bonchev–Trinajstić information content (AvgIpc) is 3.26. The molecule has 0 saturated heterocycles. The second kappa shape index (κ2) is 9.78. The lowest BCUT2D eigenvalue weighted by Gasteiger charge is -2.21. The zero-order valence-corrected chi connectivity index (χ0v) is 18.6. The number of hydrazone groups is 1. The van der Waals surface area contributed by atoms with Gasteiger partial charge in [0.1, 0.15) is 17.5 Å². The van der Waals surface area contributed by atoms with Crippen molar-refractivity contribution in [2.75, 3.05) is 12.9 Å². The summed E-state index contributed by atoms with van der Waals surface area (Å²) < 4.78 is 7.08. The number of ether oxygens (including phenoxy) is 1. The van der Waals surface area contributed by atoms with Gasteiger partial charge in [0.25, 0.3) is 5.91 Å². The molecule has 1 N–H and O–H groups in total. The molecule has 0 radical (unpaired) electrons. The van der Waals surface area contributed by atoms with Crippen LogP contribution in [0.4, 0.5) is 0 Å². The van der Waals surface area contributed by atoms with Crippen molar-refractivity contribution in [1.82, 2.24) is 20.2 Å². The monoisotopic (exact) mass is 449 g/mol. The molecule has 164 valence electrons. The summed E-state index contributed by atoms with van der Waals surface area (Å²) in [6.07, 6.45) is 0.432. The zero-order valence-electron chi connectivity index (χ0n) is 17.8. The second-order valence-corrected chi connectivity index (χ2v) is 8.13. The number of benzene rings is 2. The summed E-state index contributed by atoms with van der Waals surface area (Å²) >= 11 is 1.31. The topological polar surface area (TPSA) is 98.5 Å². The van der Waals surface area contributed by atoms with Gasteiger partial charge in [0.05, 0.1) is 18.6 Å². The molecule has 3 aromatic rings. The Morgan fingerprint density at radius 3 is 2.75 bits per heavy atom. The zero-order chi connectivity index (χ0) is 22.5. The van der Waals surface area contributed by atoms with Crippen LogP contribution in [0.5, 0.6) is 5.75 Å². The Morgan fingerprint density at radius 2 is 2.00 bits per heavy atom. The lowest BCUT2D eigenvalue weighted by Crippen LogP contribution is -2.35. The highest BCUT2D eigenvalue weighted by Crippen LogP contribution is 2.28. The smallest absolute Gasteiger partial charge is 0.251 e. The number of hydrogen-bond acceptors (Lipinski definition) is 7. The highest BCUT2D eigenvalue weighted by molar-refractivity contribution is 7.99. The number of aromatic nitrogens is 3. The van der Waals surface area contributed by atoms with E-state index in [0.29, 0.717) is 35.3 Å². The maximum absolute atomic E-state index is 12.6. The third kappa shape index (κ3) is 4.57. The van der Waals surface area contributed by atoms with Crippen LogP contribution in [-0.4, -0.2) is 45.0 Å². The van der Waals surface area contributed by atoms with Crippen molar-refractivity contribution < 1.29 is 14.3 Å². The molecule has 1 aromatic heterocycles. The minimum absolute atomic E-state index is 0.0324. The SMILES string of the molecule is CCn1c(SCC(=O)c2cccc(OC)c2)nnc1[C@@H]1CC(c2ccccc2)=NNC1=O. The predicted molar refractivity (Wildman–Crippen MR) is 122 cm³/mol. The number of methoxy groups -OCH3 is 1. The fourth-order valence-electron chi connectivity index (χ4n) is 3.53. The van der Waals surface area contributed by atoms with Gasteiger partial charge in [0.2, 0.25) is 0 Å². The minimum Gasteiger partial charge on any atom is -0.497 e. The van der Waals surface area contributed by atoms with Crippen molar-refractivity contribution in [3.8, 4) is 5.75 Å². The highest BCUT2D eigenvalue weighted by atomic mass is 32.2. The fraction of sp³-hybridized carbons (Fsp3) is 0.261. The predicted octanol–water partition coefficient (Wildman–Crippen LogP) is 3.29. The van der Waals surface area contributed by atoms with Gasteiger partial charge in [0.15, 0.2) is 10.9 Å². The molecule has 4 rings (SSSR count). The summed E-state index contributed by atoms with van der Waals surface area (Å²) in [5.74, 6) is 0.673. The van der Waals surface area contributed by atoms with Crippen molar-refractivity contribution in [3.05, 3.63) is 71.5 Å². The number of nitrogens with zero attached hydrogens (tertiary/aromatic N) is 4. The molecule has 8 nitrogen and oxygen atoms in total. The Hall–Kier alpha value is -3.46. The molecule has 0 spiro atoms. The number of amides is 1. The van der Waals surface area contributed by atoms with Gasteiger partial charge in [-0.3, -0.25) is 9.59 Å². The van der Waals surface area contributed by atoms with Gasteiger partial charge in [-0.15, -0.1) is 10.2 Å². The number of Topliss-reactive ketones (excluding diaryl/α,β-unsaturated/α-hetero) is 1. The standard InChI is InChI=1S/C23H23N5O3S/c1-3-28-21(18-13-19(24-26-22(18)30)15-8-5-4-6-9-15)25-27-23(28)32-14-20(29)16-10-7-11-17(12-16)31-2/h4-12,18H,3,13-14H2,1-2H3,(H,26,30)/t18-/m0/s1. The molecule has 0 unspecified atom stereocenters. The van der Waals surface area contributed by atoms with E-state index in [1.54, 1.807) is 31.4 Å². The number of nitrogens with one attached hydrogen (secondary N) is 1. The summed E-state index contributed by atoms with van der Waals surface area (Å²) in [5.41, 5.74) is 4.95. The van der Waals surface area contributed by atoms with Crippen molar-refractivity contribution >= 4 is 29.2 Å². The van der Waals surface area contributed by atoms with E-state index in [1.807, 2.05) is 41.8 Å². The van der Waals surface area contributed by atoms with Crippen LogP contribution in [0.3, 0.4) is 0 Å². The van der Waals surface area contributed by atoms with Gasteiger partial charge < -0.3 is 9.30 Å². The van der Waals surface area contributed by atoms with E-state index < -0.39 is 5.92 Å². The van der Waals surface area contributed by atoms with E-state index >= 15 is 0 Å². The third-order valence-corrected chi connectivity index (χ3v) is 6.19. The number of thioether (sulfide) groups is 1. The summed E-state index contributed by atoms with van der Waals surface area (Å²) in [6, 6.07) is 16.8. The number of carbonyl (C=O) groups is 2. The maximum Gasteiger partial charge on any atom is 0.251 e. The Labute approximate surface area is 190 Å². The number of rotatable bonds is 8. The van der Waals surface area contributed by atoms with Gasteiger partial charge in [-0.25, -0.2) is 5.43 Å². The van der Waals surface area contributed by atoms with E-state index in [1.165, 1.54) is 11.8 Å². The second-order valence-electron chi connectivity index (χ2n) is 7.19. The van der Waals surface area contributed by atoms with Gasteiger partial charge in [-0.1, -0.05) is 54.2 Å². The summed E-state index contributed by atoms with van der Waals surface area (Å²) in [7, 11) is 1.57. The lowest BCUT2D eigenvalue weighted by molar-refractivity contribution is -0.123. The molecule has 2 aromatic carbocycles. The Morgan fingerprint density at radius 1 is 1.19 bits per heavy atom. The van der Waals surface area contributed by atoms with Crippen molar-refractivity contribution in [2.45, 2.75) is 31.0 Å². The molecule has 0 aliphatic carbocycles. The minimum atomic E-state index is -0.501. The number of carbonyl (C=O) groups excluding carboxylic acids is 2. The van der Waals surface area contributed by atoms with Crippen LogP contribution >= 0.6 is 11.8 Å². The van der Waals surface area contributed by atoms with Crippen LogP contribution in [0.25, 0.3) is 0 Å². The molecule has 32 heavy (non-hydrogen) atoms. The summed E-state index contributed by atoms with van der Waals surface area (Å²) in [5, 5.41) is 13.4. The van der Waals surface area contributed by atoms with Crippen molar-refractivity contribution in [3.63, 3.8) is 0 Å². The van der Waals surface area contributed by atoms with E-state index in [4.69, 9.17) is 4.74 Å². The third-order valence-electron chi connectivity index (χ3n) is 5.22. The first-order chi connectivity index (χ1) is 15.6. The van der Waals surface area contributed by atoms with Crippen molar-refractivity contribution in [2.24, 2.45) is 5.10 Å². The Kier molecular flexibility index (Phi) is 6.65. The van der Waals surface area contributed by atoms with Crippen LogP contribution in [0.15, 0.2) is 64.9 Å². The molecule has 0 fully saturated rings. The molecule has 1 aliphatic rings. The number of hydrogen-bond donors (Lipinski definition) is 1. The molecule has 1 atom stereocenters. The van der Waals surface area contributed by atoms with Crippen molar-refractivity contribution in [1.29, 1.82) is 0 Å². The summed E-state index contributed by atoms with van der Waals surface area (Å²) in [4.78, 5) is 25.2. The quantitative estimate of drug-likeness (QED) is 0.419. The molecular weight excluding hydrogens is 426 g/mol. The number of ketones is 1. The molecule has 1 amide bonds. The van der Waals surface area contributed by atoms with Crippen LogP contribution in [-0.2, 0) is 11.3 Å². The Bertz CT molecular complexity index is 1160. The molecule has 2 heterocycles. The largest absolute Gasteiger partial charge is 0.497 e. The van der Waals surface area contributed by atoms with E-state index in [9.17, 15) is 9.59 Å². The molecular formula is C23H23N5O3S. The molecule has 0 bridgehead atoms. The maximum atomic E-state index is 12.6. The van der Waals surface area contributed by atoms with Gasteiger partial charge in [-0.2, -0.15) is 5.10 Å². The fourth-order valence-corrected chi connectivity index (χ4v) is 4.43. The van der Waals surface area contributed by atoms with Crippen LogP contribution in [0.2, 0.25) is 0 Å². The van der Waals surface area contributed by atoms with Crippen LogP contribution < -0.4 is 10.2 Å². The van der Waals surface area contributed by atoms with Crippen LogP contribution in [0, 0.1) is 0 Å². The van der Waals surface area contributed by atoms with E-state index in [0.717, 1.165) is 11.3 Å². The van der Waals surface area contributed by atoms with Gasteiger partial charge in [0, 0.05) is 18.5 Å². The summed E-state index contributed by atoms with van der Waals surface area (Å²) in [6.45, 7) is 2.55. The van der Waals surface area contributed by atoms with E-state index in [2.05, 4.69) is 20.7 Å². The van der Waals surface area contributed by atoms with Crippen LogP contribution in [0.1, 0.15) is 41.0 Å². The first-order valence-electron chi connectivity index (χ1n) is 10.3. The highest BCUT2D eigenvalue weighted by Gasteiger charge is 2.32. The molecule has 9 heteroatoms. The molecule has 1 aliphatic heterocycles. The first kappa shape index (κ1) is 21.8. The van der Waals surface area contributed by atoms with Gasteiger partial charge >= 0.3 is 0 Å². The Balaban J connectivity index is 1.51.